The molecule has 1 atom stereocenters. The smallest absolute Gasteiger partial charge is 0.343 e. The van der Waals surface area contributed by atoms with E-state index in [4.69, 9.17) is 0 Å². The molecule has 1 unspecified atom stereocenters. The van der Waals surface area contributed by atoms with E-state index >= 15 is 0 Å². The minimum atomic E-state index is -4.65. The quantitative estimate of drug-likeness (QED) is 0.427. The number of alkyl halides is 4. The van der Waals surface area contributed by atoms with Crippen molar-refractivity contribution in [3.8, 4) is 0 Å². The van der Waals surface area contributed by atoms with Crippen LogP contribution in [0.1, 0.15) is 58.8 Å². The number of hydrogen-bond donors (Lipinski definition) is 2. The number of hydrogen-bond acceptors (Lipinski definition) is 3. The van der Waals surface area contributed by atoms with Gasteiger partial charge in [0.25, 0.3) is 5.91 Å². The number of nitrogens with zero attached hydrogens (tertiary/aromatic N) is 1. The highest BCUT2D eigenvalue weighted by molar-refractivity contribution is 7.80. The van der Waals surface area contributed by atoms with E-state index in [-0.39, 0.29) is 21.6 Å². The van der Waals surface area contributed by atoms with Gasteiger partial charge >= 0.3 is 6.18 Å². The standard InChI is InChI=1S/C23H26F4N2OS/c1-29(2)22(10-6-7-11-22)20(15-8-4-3-5-9-15)28-21(30)19-16(14-24)12-17(13-18(19)31)23(25,26)27/h3-5,8-9,12-13,20,31H,6-7,10-11,14H2,1-2H3,(H,28,30). The fraction of sp³-hybridized carbons (Fsp3) is 0.435. The second-order valence-corrected chi connectivity index (χ2v) is 8.66. The molecule has 3 nitrogen and oxygen atoms in total. The van der Waals surface area contributed by atoms with Crippen molar-refractivity contribution in [1.82, 2.24) is 10.2 Å². The third-order valence-corrected chi connectivity index (χ3v) is 6.56. The lowest BCUT2D eigenvalue weighted by molar-refractivity contribution is -0.137. The normalized spacial score (nSPS) is 17.0. The number of amides is 1. The molecule has 168 valence electrons. The maximum absolute atomic E-state index is 13.7. The van der Waals surface area contributed by atoms with Gasteiger partial charge in [0.05, 0.1) is 17.2 Å². The van der Waals surface area contributed by atoms with Crippen molar-refractivity contribution in [3.63, 3.8) is 0 Å². The molecule has 0 bridgehead atoms. The van der Waals surface area contributed by atoms with Crippen LogP contribution in [-0.4, -0.2) is 30.4 Å². The van der Waals surface area contributed by atoms with Crippen LogP contribution in [-0.2, 0) is 12.9 Å². The molecule has 0 spiro atoms. The van der Waals surface area contributed by atoms with Crippen LogP contribution in [0.15, 0.2) is 47.4 Å². The topological polar surface area (TPSA) is 32.3 Å². The molecular formula is C23H26F4N2OS. The highest BCUT2D eigenvalue weighted by Crippen LogP contribution is 2.44. The van der Waals surface area contributed by atoms with Crippen molar-refractivity contribution in [2.75, 3.05) is 14.1 Å². The lowest BCUT2D eigenvalue weighted by Crippen LogP contribution is -2.53. The summed E-state index contributed by atoms with van der Waals surface area (Å²) in [6.07, 6.45) is -0.925. The third kappa shape index (κ3) is 4.75. The number of likely N-dealkylation sites (N-methyl/N-ethyl adjacent to an activating group) is 1. The molecule has 1 saturated carbocycles. The second kappa shape index (κ2) is 9.20. The number of rotatable bonds is 6. The molecule has 1 fully saturated rings. The summed E-state index contributed by atoms with van der Waals surface area (Å²) in [4.78, 5) is 15.2. The molecule has 1 aliphatic rings. The van der Waals surface area contributed by atoms with E-state index in [1.807, 2.05) is 44.4 Å². The molecule has 8 heteroatoms. The fourth-order valence-electron chi connectivity index (χ4n) is 4.57. The Morgan fingerprint density at radius 2 is 1.77 bits per heavy atom. The summed E-state index contributed by atoms with van der Waals surface area (Å²) < 4.78 is 53.1. The zero-order valence-electron chi connectivity index (χ0n) is 17.5. The minimum absolute atomic E-state index is 0.160. The van der Waals surface area contributed by atoms with E-state index in [1.54, 1.807) is 0 Å². The Morgan fingerprint density at radius 3 is 2.29 bits per heavy atom. The SMILES string of the molecule is CN(C)C1(C(NC(=O)c2c(S)cc(C(F)(F)F)cc2CF)c2ccccc2)CCCC1. The minimum Gasteiger partial charge on any atom is -0.343 e. The molecule has 2 aromatic carbocycles. The number of nitrogens with one attached hydrogen (secondary N) is 1. The number of benzene rings is 2. The first kappa shape index (κ1) is 23.6. The Morgan fingerprint density at radius 1 is 1.16 bits per heavy atom. The van der Waals surface area contributed by atoms with Crippen molar-refractivity contribution < 1.29 is 22.4 Å². The van der Waals surface area contributed by atoms with Crippen LogP contribution < -0.4 is 5.32 Å². The zero-order chi connectivity index (χ0) is 22.8. The lowest BCUT2D eigenvalue weighted by atomic mass is 9.82. The van der Waals surface area contributed by atoms with Crippen molar-refractivity contribution in [1.29, 1.82) is 0 Å². The fourth-order valence-corrected chi connectivity index (χ4v) is 4.96. The predicted octanol–water partition coefficient (Wildman–Crippen LogP) is 5.81. The van der Waals surface area contributed by atoms with Crippen molar-refractivity contribution >= 4 is 18.5 Å². The van der Waals surface area contributed by atoms with Crippen LogP contribution in [0.2, 0.25) is 0 Å². The maximum atomic E-state index is 13.7. The molecule has 2 aromatic rings. The molecule has 1 N–H and O–H groups in total. The average Bonchev–Trinajstić information content (AvgIpc) is 3.22. The first-order valence-corrected chi connectivity index (χ1v) is 10.6. The first-order chi connectivity index (χ1) is 14.6. The van der Waals surface area contributed by atoms with Gasteiger partial charge in [-0.05, 0) is 50.2 Å². The van der Waals surface area contributed by atoms with Crippen molar-refractivity contribution in [3.05, 3.63) is 64.7 Å². The molecule has 0 heterocycles. The Kier molecular flexibility index (Phi) is 7.01. The van der Waals surface area contributed by atoms with Crippen LogP contribution in [0.4, 0.5) is 17.6 Å². The van der Waals surface area contributed by atoms with E-state index in [9.17, 15) is 22.4 Å². The van der Waals surface area contributed by atoms with E-state index in [2.05, 4.69) is 22.8 Å². The lowest BCUT2D eigenvalue weighted by Gasteiger charge is -2.44. The van der Waals surface area contributed by atoms with Gasteiger partial charge < -0.3 is 10.2 Å². The first-order valence-electron chi connectivity index (χ1n) is 10.1. The van der Waals surface area contributed by atoms with Gasteiger partial charge in [0.2, 0.25) is 0 Å². The average molecular weight is 455 g/mol. The molecule has 0 saturated heterocycles. The summed E-state index contributed by atoms with van der Waals surface area (Å²) in [6, 6.07) is 10.5. The molecule has 0 aromatic heterocycles. The zero-order valence-corrected chi connectivity index (χ0v) is 18.4. The second-order valence-electron chi connectivity index (χ2n) is 8.18. The maximum Gasteiger partial charge on any atom is 0.416 e. The van der Waals surface area contributed by atoms with Gasteiger partial charge in [0.15, 0.2) is 0 Å². The van der Waals surface area contributed by atoms with Gasteiger partial charge in [0.1, 0.15) is 6.67 Å². The number of halogens is 4. The van der Waals surface area contributed by atoms with Gasteiger partial charge in [-0.15, -0.1) is 12.6 Å². The summed E-state index contributed by atoms with van der Waals surface area (Å²) in [7, 11) is 3.92. The van der Waals surface area contributed by atoms with Gasteiger partial charge in [0, 0.05) is 10.4 Å². The monoisotopic (exact) mass is 454 g/mol. The predicted molar refractivity (Wildman–Crippen MR) is 115 cm³/mol. The van der Waals surface area contributed by atoms with E-state index in [1.165, 1.54) is 0 Å². The van der Waals surface area contributed by atoms with E-state index in [0.29, 0.717) is 6.07 Å². The summed E-state index contributed by atoms with van der Waals surface area (Å²) in [5.74, 6) is -0.631. The Hall–Kier alpha value is -2.06. The van der Waals surface area contributed by atoms with Crippen LogP contribution in [0.5, 0.6) is 0 Å². The van der Waals surface area contributed by atoms with Crippen molar-refractivity contribution in [2.45, 2.75) is 55.0 Å². The third-order valence-electron chi connectivity index (χ3n) is 6.20. The van der Waals surface area contributed by atoms with Crippen LogP contribution >= 0.6 is 12.6 Å². The van der Waals surface area contributed by atoms with Gasteiger partial charge in [-0.25, -0.2) is 4.39 Å². The Balaban J connectivity index is 2.04. The van der Waals surface area contributed by atoms with Gasteiger partial charge in [-0.2, -0.15) is 13.2 Å². The van der Waals surface area contributed by atoms with Gasteiger partial charge in [-0.3, -0.25) is 4.79 Å². The number of carbonyl (C=O) groups is 1. The van der Waals surface area contributed by atoms with Crippen LogP contribution in [0, 0.1) is 0 Å². The summed E-state index contributed by atoms with van der Waals surface area (Å²) in [6.45, 7) is -1.20. The summed E-state index contributed by atoms with van der Waals surface area (Å²) >= 11 is 4.11. The largest absolute Gasteiger partial charge is 0.416 e. The Labute approximate surface area is 185 Å². The highest BCUT2D eigenvalue weighted by atomic mass is 32.1. The molecule has 3 rings (SSSR count). The van der Waals surface area contributed by atoms with E-state index in [0.717, 1.165) is 37.3 Å². The molecule has 0 aliphatic heterocycles. The summed E-state index contributed by atoms with van der Waals surface area (Å²) in [5.41, 5.74) is -0.973. The van der Waals surface area contributed by atoms with Gasteiger partial charge in [-0.1, -0.05) is 43.2 Å². The number of carbonyl (C=O) groups excluding carboxylic acids is 1. The molecule has 1 aliphatic carbocycles. The number of thiol groups is 1. The van der Waals surface area contributed by atoms with Crippen LogP contribution in [0.25, 0.3) is 0 Å². The highest BCUT2D eigenvalue weighted by Gasteiger charge is 2.45. The molecule has 1 amide bonds. The van der Waals surface area contributed by atoms with Crippen molar-refractivity contribution in [2.24, 2.45) is 0 Å². The summed E-state index contributed by atoms with van der Waals surface area (Å²) in [5, 5.41) is 3.01. The molecular weight excluding hydrogens is 428 g/mol. The van der Waals surface area contributed by atoms with E-state index < -0.39 is 30.4 Å². The molecule has 31 heavy (non-hydrogen) atoms. The Bertz CT molecular complexity index is 925. The molecule has 0 radical (unpaired) electrons. The van der Waals surface area contributed by atoms with Crippen LogP contribution in [0.3, 0.4) is 0 Å².